The van der Waals surface area contributed by atoms with Crippen LogP contribution >= 0.6 is 0 Å². The van der Waals surface area contributed by atoms with E-state index in [1.165, 1.54) is 24.1 Å². The SMILES string of the molecule is CCCCCCCCN(C(=O)C(NC(=O)OC(C)(C)C)C(C)CC)C(C(=O)NCC(=O)OC)c1cccc(O)c1. The fourth-order valence-electron chi connectivity index (χ4n) is 4.22. The summed E-state index contributed by atoms with van der Waals surface area (Å²) in [7, 11) is 1.22. The fourth-order valence-corrected chi connectivity index (χ4v) is 4.22. The Balaban J connectivity index is 3.47. The first-order chi connectivity index (χ1) is 18.8. The number of benzene rings is 1. The second-order valence-corrected chi connectivity index (χ2v) is 11.1. The Kier molecular flexibility index (Phi) is 15.1. The molecule has 0 aromatic heterocycles. The number of methoxy groups -OCH3 is 1. The quantitative estimate of drug-likeness (QED) is 0.193. The van der Waals surface area contributed by atoms with Crippen LogP contribution in [0.1, 0.15) is 98.1 Å². The van der Waals surface area contributed by atoms with E-state index in [-0.39, 0.29) is 24.8 Å². The predicted molar refractivity (Wildman–Crippen MR) is 154 cm³/mol. The van der Waals surface area contributed by atoms with Gasteiger partial charge in [0.25, 0.3) is 0 Å². The van der Waals surface area contributed by atoms with Crippen molar-refractivity contribution in [2.75, 3.05) is 20.2 Å². The fraction of sp³-hybridized carbons (Fsp3) is 0.667. The number of esters is 1. The zero-order valence-electron chi connectivity index (χ0n) is 25.2. The second kappa shape index (κ2) is 17.4. The molecule has 0 saturated carbocycles. The van der Waals surface area contributed by atoms with Gasteiger partial charge in [-0.3, -0.25) is 14.4 Å². The topological polar surface area (TPSA) is 134 Å². The van der Waals surface area contributed by atoms with Crippen LogP contribution < -0.4 is 10.6 Å². The lowest BCUT2D eigenvalue weighted by Crippen LogP contribution is -2.55. The Labute approximate surface area is 239 Å². The number of unbranched alkanes of at least 4 members (excludes halogenated alkanes) is 5. The van der Waals surface area contributed by atoms with Crippen LogP contribution in [-0.2, 0) is 23.9 Å². The number of amides is 3. The summed E-state index contributed by atoms with van der Waals surface area (Å²) < 4.78 is 10.1. The molecule has 1 rings (SSSR count). The van der Waals surface area contributed by atoms with Crippen molar-refractivity contribution in [3.63, 3.8) is 0 Å². The third-order valence-electron chi connectivity index (χ3n) is 6.57. The molecular formula is C30H49N3O7. The van der Waals surface area contributed by atoms with Crippen LogP contribution in [0.2, 0.25) is 0 Å². The number of nitrogens with one attached hydrogen (secondary N) is 2. The van der Waals surface area contributed by atoms with Crippen molar-refractivity contribution in [3.8, 4) is 5.75 Å². The van der Waals surface area contributed by atoms with E-state index in [2.05, 4.69) is 22.3 Å². The number of hydrogen-bond donors (Lipinski definition) is 3. The highest BCUT2D eigenvalue weighted by molar-refractivity contribution is 5.93. The van der Waals surface area contributed by atoms with Crippen molar-refractivity contribution in [1.82, 2.24) is 15.5 Å². The van der Waals surface area contributed by atoms with E-state index < -0.39 is 41.6 Å². The van der Waals surface area contributed by atoms with Crippen molar-refractivity contribution in [1.29, 1.82) is 0 Å². The molecule has 10 nitrogen and oxygen atoms in total. The first-order valence-corrected chi connectivity index (χ1v) is 14.3. The maximum atomic E-state index is 14.2. The van der Waals surface area contributed by atoms with Crippen molar-refractivity contribution in [3.05, 3.63) is 29.8 Å². The van der Waals surface area contributed by atoms with Gasteiger partial charge in [-0.15, -0.1) is 0 Å². The number of carbonyl (C=O) groups is 4. The van der Waals surface area contributed by atoms with E-state index in [0.717, 1.165) is 32.1 Å². The highest BCUT2D eigenvalue weighted by Crippen LogP contribution is 2.27. The maximum Gasteiger partial charge on any atom is 0.408 e. The predicted octanol–water partition coefficient (Wildman–Crippen LogP) is 4.85. The summed E-state index contributed by atoms with van der Waals surface area (Å²) in [5, 5.41) is 15.5. The van der Waals surface area contributed by atoms with Gasteiger partial charge in [0.1, 0.15) is 30.0 Å². The summed E-state index contributed by atoms with van der Waals surface area (Å²) in [5.41, 5.74) is -0.384. The molecule has 3 amide bonds. The average Bonchev–Trinajstić information content (AvgIpc) is 2.89. The van der Waals surface area contributed by atoms with E-state index in [9.17, 15) is 24.3 Å². The van der Waals surface area contributed by atoms with Gasteiger partial charge in [0.2, 0.25) is 11.8 Å². The largest absolute Gasteiger partial charge is 0.508 e. The normalized spacial score (nSPS) is 13.5. The summed E-state index contributed by atoms with van der Waals surface area (Å²) in [6, 6.07) is 4.00. The number of alkyl carbamates (subject to hydrolysis) is 1. The molecule has 0 aliphatic rings. The van der Waals surface area contributed by atoms with Crippen LogP contribution in [0.25, 0.3) is 0 Å². The molecule has 3 N–H and O–H groups in total. The van der Waals surface area contributed by atoms with Gasteiger partial charge in [0.15, 0.2) is 0 Å². The van der Waals surface area contributed by atoms with Crippen LogP contribution in [0.3, 0.4) is 0 Å². The van der Waals surface area contributed by atoms with Crippen LogP contribution in [0.15, 0.2) is 24.3 Å². The van der Waals surface area contributed by atoms with Crippen molar-refractivity contribution >= 4 is 23.9 Å². The first kappa shape index (κ1) is 34.7. The van der Waals surface area contributed by atoms with Gasteiger partial charge in [-0.2, -0.15) is 0 Å². The standard InChI is InChI=1S/C30H49N3O7/c1-8-10-11-12-13-14-18-33(28(37)25(21(3)9-2)32-29(38)40-30(4,5)6)26(22-16-15-17-23(34)19-22)27(36)31-20-24(35)39-7/h15-17,19,21,25-26,34H,8-14,18,20H2,1-7H3,(H,31,36)(H,32,38). The lowest BCUT2D eigenvalue weighted by Gasteiger charge is -2.36. The van der Waals surface area contributed by atoms with E-state index in [4.69, 9.17) is 4.74 Å². The Morgan fingerprint density at radius 2 is 1.68 bits per heavy atom. The Bertz CT molecular complexity index is 961. The number of aromatic hydroxyl groups is 1. The van der Waals surface area contributed by atoms with Crippen molar-refractivity contribution in [2.45, 2.75) is 104 Å². The third kappa shape index (κ3) is 12.3. The average molecular weight is 564 g/mol. The molecule has 1 aromatic carbocycles. The highest BCUT2D eigenvalue weighted by atomic mass is 16.6. The summed E-state index contributed by atoms with van der Waals surface area (Å²) in [6.45, 7) is 11.0. The van der Waals surface area contributed by atoms with Gasteiger partial charge in [0.05, 0.1) is 7.11 Å². The molecule has 0 heterocycles. The number of hydrogen-bond acceptors (Lipinski definition) is 7. The molecule has 0 bridgehead atoms. The van der Waals surface area contributed by atoms with Crippen LogP contribution in [-0.4, -0.2) is 65.7 Å². The molecule has 0 spiro atoms. The second-order valence-electron chi connectivity index (χ2n) is 11.1. The molecule has 226 valence electrons. The smallest absolute Gasteiger partial charge is 0.408 e. The Morgan fingerprint density at radius 1 is 1.02 bits per heavy atom. The summed E-state index contributed by atoms with van der Waals surface area (Å²) in [5.74, 6) is -2.03. The molecule has 3 atom stereocenters. The van der Waals surface area contributed by atoms with E-state index >= 15 is 0 Å². The minimum atomic E-state index is -1.16. The van der Waals surface area contributed by atoms with Crippen molar-refractivity contribution < 1.29 is 33.8 Å². The molecule has 40 heavy (non-hydrogen) atoms. The van der Waals surface area contributed by atoms with Crippen molar-refractivity contribution in [2.24, 2.45) is 5.92 Å². The zero-order chi connectivity index (χ0) is 30.3. The number of ether oxygens (including phenoxy) is 2. The molecular weight excluding hydrogens is 514 g/mol. The van der Waals surface area contributed by atoms with E-state index in [0.29, 0.717) is 18.4 Å². The summed E-state index contributed by atoms with van der Waals surface area (Å²) >= 11 is 0. The number of nitrogens with zero attached hydrogens (tertiary/aromatic N) is 1. The molecule has 0 radical (unpaired) electrons. The molecule has 0 fully saturated rings. The van der Waals surface area contributed by atoms with Gasteiger partial charge in [-0.25, -0.2) is 4.79 Å². The molecule has 0 aliphatic heterocycles. The first-order valence-electron chi connectivity index (χ1n) is 14.3. The van der Waals surface area contributed by atoms with Gasteiger partial charge in [-0.05, 0) is 50.8 Å². The lowest BCUT2D eigenvalue weighted by atomic mass is 9.95. The number of phenols is 1. The van der Waals surface area contributed by atoms with Gasteiger partial charge in [-0.1, -0.05) is 71.4 Å². The molecule has 1 aromatic rings. The van der Waals surface area contributed by atoms with Gasteiger partial charge >= 0.3 is 12.1 Å². The van der Waals surface area contributed by atoms with E-state index in [1.54, 1.807) is 32.9 Å². The van der Waals surface area contributed by atoms with Crippen LogP contribution in [0, 0.1) is 5.92 Å². The number of carbonyl (C=O) groups excluding carboxylic acids is 4. The number of rotatable bonds is 16. The minimum Gasteiger partial charge on any atom is -0.508 e. The van der Waals surface area contributed by atoms with E-state index in [1.807, 2.05) is 13.8 Å². The molecule has 3 unspecified atom stereocenters. The number of phenolic OH excluding ortho intramolecular Hbond substituents is 1. The summed E-state index contributed by atoms with van der Waals surface area (Å²) in [4.78, 5) is 53.8. The summed E-state index contributed by atoms with van der Waals surface area (Å²) in [6.07, 6.45) is 5.65. The van der Waals surface area contributed by atoms with Gasteiger partial charge < -0.3 is 30.1 Å². The van der Waals surface area contributed by atoms with Gasteiger partial charge in [0, 0.05) is 6.54 Å². The minimum absolute atomic E-state index is 0.0689. The Morgan fingerprint density at radius 3 is 2.25 bits per heavy atom. The third-order valence-corrected chi connectivity index (χ3v) is 6.57. The maximum absolute atomic E-state index is 14.2. The monoisotopic (exact) mass is 563 g/mol. The molecule has 0 aliphatic carbocycles. The molecule has 0 saturated heterocycles. The van der Waals surface area contributed by atoms with Crippen LogP contribution in [0.4, 0.5) is 4.79 Å². The highest BCUT2D eigenvalue weighted by Gasteiger charge is 2.38. The Hall–Kier alpha value is -3.30. The van der Waals surface area contributed by atoms with Crippen LogP contribution in [0.5, 0.6) is 5.75 Å². The lowest BCUT2D eigenvalue weighted by molar-refractivity contribution is -0.145. The zero-order valence-corrected chi connectivity index (χ0v) is 25.2. The molecule has 10 heteroatoms.